The summed E-state index contributed by atoms with van der Waals surface area (Å²) in [6.45, 7) is 0. The number of furan rings is 2. The van der Waals surface area contributed by atoms with Crippen LogP contribution < -0.4 is 4.90 Å². The summed E-state index contributed by atoms with van der Waals surface area (Å²) in [7, 11) is 0. The van der Waals surface area contributed by atoms with Crippen LogP contribution in [0.4, 0.5) is 17.1 Å². The molecular weight excluding hydrogens is 530 g/mol. The minimum Gasteiger partial charge on any atom is -0.454 e. The first kappa shape index (κ1) is 23.7. The Hall–Kier alpha value is -5.94. The molecule has 0 atom stereocenters. The fraction of sp³-hybridized carbons (Fsp3) is 0. The molecule has 0 N–H and O–H groups in total. The van der Waals surface area contributed by atoms with E-state index in [-0.39, 0.29) is 0 Å². The largest absolute Gasteiger partial charge is 0.454 e. The lowest BCUT2D eigenvalue weighted by Crippen LogP contribution is -2.10. The van der Waals surface area contributed by atoms with E-state index < -0.39 is 0 Å². The van der Waals surface area contributed by atoms with Crippen molar-refractivity contribution in [3.63, 3.8) is 0 Å². The van der Waals surface area contributed by atoms with Gasteiger partial charge in [0.2, 0.25) is 0 Å². The van der Waals surface area contributed by atoms with Gasteiger partial charge < -0.3 is 13.7 Å². The second kappa shape index (κ2) is 9.29. The summed E-state index contributed by atoms with van der Waals surface area (Å²) in [6, 6.07) is 43.8. The predicted octanol–water partition coefficient (Wildman–Crippen LogP) is 10.6. The second-order valence-electron chi connectivity index (χ2n) is 10.7. The maximum atomic E-state index is 6.28. The summed E-state index contributed by atoms with van der Waals surface area (Å²) in [4.78, 5) is 11.8. The zero-order valence-electron chi connectivity index (χ0n) is 22.9. The molecule has 5 aromatic carbocycles. The van der Waals surface area contributed by atoms with Crippen molar-refractivity contribution >= 4 is 72.0 Å². The van der Waals surface area contributed by atoms with Gasteiger partial charge in [0.1, 0.15) is 22.2 Å². The van der Waals surface area contributed by atoms with Crippen LogP contribution >= 0.6 is 0 Å². The molecule has 0 bridgehead atoms. The first-order chi connectivity index (χ1) is 21.3. The molecule has 0 aliphatic heterocycles. The molecule has 9 rings (SSSR count). The van der Waals surface area contributed by atoms with Gasteiger partial charge >= 0.3 is 0 Å². The highest BCUT2D eigenvalue weighted by Crippen LogP contribution is 2.43. The average Bonchev–Trinajstić information content (AvgIpc) is 3.63. The second-order valence-corrected chi connectivity index (χ2v) is 10.7. The van der Waals surface area contributed by atoms with Gasteiger partial charge in [0.05, 0.1) is 11.9 Å². The Morgan fingerprint density at radius 3 is 2.14 bits per heavy atom. The number of pyridine rings is 2. The number of benzene rings is 5. The van der Waals surface area contributed by atoms with Gasteiger partial charge in [-0.05, 0) is 76.5 Å². The molecule has 0 fully saturated rings. The van der Waals surface area contributed by atoms with E-state index >= 15 is 0 Å². The average molecular weight is 554 g/mol. The van der Waals surface area contributed by atoms with E-state index in [9.17, 15) is 0 Å². The van der Waals surface area contributed by atoms with E-state index in [2.05, 4.69) is 94.8 Å². The normalized spacial score (nSPS) is 11.7. The van der Waals surface area contributed by atoms with Crippen molar-refractivity contribution < 1.29 is 8.83 Å². The van der Waals surface area contributed by atoms with E-state index in [1.807, 2.05) is 48.7 Å². The summed E-state index contributed by atoms with van der Waals surface area (Å²) in [6.07, 6.45) is 3.73. The highest BCUT2D eigenvalue weighted by molar-refractivity contribution is 6.07. The lowest BCUT2D eigenvalue weighted by molar-refractivity contribution is 0.667. The van der Waals surface area contributed by atoms with E-state index in [0.29, 0.717) is 0 Å². The monoisotopic (exact) mass is 553 g/mol. The third kappa shape index (κ3) is 3.79. The summed E-state index contributed by atoms with van der Waals surface area (Å²) in [5.74, 6) is 0. The maximum absolute atomic E-state index is 6.28. The smallest absolute Gasteiger partial charge is 0.155 e. The highest BCUT2D eigenvalue weighted by Gasteiger charge is 2.20. The predicted molar refractivity (Wildman–Crippen MR) is 174 cm³/mol. The first-order valence-corrected chi connectivity index (χ1v) is 14.2. The van der Waals surface area contributed by atoms with Gasteiger partial charge in [-0.25, -0.2) is 4.98 Å². The molecule has 0 saturated heterocycles. The molecular formula is C38H23N3O2. The van der Waals surface area contributed by atoms with Gasteiger partial charge in [0, 0.05) is 34.4 Å². The summed E-state index contributed by atoms with van der Waals surface area (Å²) < 4.78 is 12.4. The Kier molecular flexibility index (Phi) is 5.13. The molecule has 0 spiro atoms. The van der Waals surface area contributed by atoms with Crippen molar-refractivity contribution in [2.75, 3.05) is 4.90 Å². The van der Waals surface area contributed by atoms with Crippen molar-refractivity contribution in [1.82, 2.24) is 9.97 Å². The number of hydrogen-bond donors (Lipinski definition) is 0. The molecule has 4 aromatic heterocycles. The van der Waals surface area contributed by atoms with Gasteiger partial charge in [-0.15, -0.1) is 0 Å². The number of rotatable bonds is 4. The van der Waals surface area contributed by atoms with Crippen LogP contribution in [0.1, 0.15) is 0 Å². The molecule has 0 aliphatic carbocycles. The van der Waals surface area contributed by atoms with E-state index in [1.165, 1.54) is 5.39 Å². The van der Waals surface area contributed by atoms with Crippen molar-refractivity contribution in [3.8, 4) is 11.1 Å². The Morgan fingerprint density at radius 1 is 0.465 bits per heavy atom. The van der Waals surface area contributed by atoms with E-state index in [0.717, 1.165) is 77.7 Å². The van der Waals surface area contributed by atoms with Gasteiger partial charge in [-0.2, -0.15) is 0 Å². The van der Waals surface area contributed by atoms with Gasteiger partial charge in [-0.3, -0.25) is 4.98 Å². The molecule has 43 heavy (non-hydrogen) atoms. The number of fused-ring (bicyclic) bond motifs is 7. The number of hydrogen-bond acceptors (Lipinski definition) is 5. The minimum absolute atomic E-state index is 0.740. The van der Waals surface area contributed by atoms with Crippen LogP contribution in [0.3, 0.4) is 0 Å². The third-order valence-corrected chi connectivity index (χ3v) is 8.12. The fourth-order valence-electron chi connectivity index (χ4n) is 6.16. The lowest BCUT2D eigenvalue weighted by atomic mass is 9.96. The van der Waals surface area contributed by atoms with Gasteiger partial charge in [0.15, 0.2) is 11.2 Å². The van der Waals surface area contributed by atoms with Crippen molar-refractivity contribution in [1.29, 1.82) is 0 Å². The maximum Gasteiger partial charge on any atom is 0.155 e. The Labute approximate surface area is 246 Å². The molecule has 0 amide bonds. The standard InChI is InChI=1S/C38H23N3O2/c1-2-9-24(10-3-1)31-21-27(19-25-11-4-5-12-29(25)31)41(26-16-17-34-32(20-26)38-35(42-34)15-8-18-39-38)28-22-36-37(40-23-28)30-13-6-7-14-33(30)43-36/h1-23H. The summed E-state index contributed by atoms with van der Waals surface area (Å²) in [5.41, 5.74) is 10.0. The molecule has 4 heterocycles. The van der Waals surface area contributed by atoms with E-state index in [1.54, 1.807) is 6.20 Å². The highest BCUT2D eigenvalue weighted by atomic mass is 16.3. The number of nitrogens with zero attached hydrogens (tertiary/aromatic N) is 3. The number of aromatic nitrogens is 2. The van der Waals surface area contributed by atoms with E-state index in [4.69, 9.17) is 13.8 Å². The van der Waals surface area contributed by atoms with Gasteiger partial charge in [0.25, 0.3) is 0 Å². The number of para-hydroxylation sites is 1. The molecule has 0 aliphatic rings. The third-order valence-electron chi connectivity index (χ3n) is 8.12. The molecule has 5 heteroatoms. The Bertz CT molecular complexity index is 2480. The minimum atomic E-state index is 0.740. The number of anilines is 3. The summed E-state index contributed by atoms with van der Waals surface area (Å²) in [5, 5.41) is 4.31. The van der Waals surface area contributed by atoms with Crippen LogP contribution in [0.5, 0.6) is 0 Å². The van der Waals surface area contributed by atoms with Crippen LogP contribution in [0.2, 0.25) is 0 Å². The molecule has 0 radical (unpaired) electrons. The van der Waals surface area contributed by atoms with Crippen LogP contribution in [-0.2, 0) is 0 Å². The van der Waals surface area contributed by atoms with Gasteiger partial charge in [-0.1, -0.05) is 66.7 Å². The van der Waals surface area contributed by atoms with Crippen LogP contribution in [-0.4, -0.2) is 9.97 Å². The zero-order chi connectivity index (χ0) is 28.3. The van der Waals surface area contributed by atoms with Crippen molar-refractivity contribution in [3.05, 3.63) is 140 Å². The summed E-state index contributed by atoms with van der Waals surface area (Å²) >= 11 is 0. The van der Waals surface area contributed by atoms with Crippen molar-refractivity contribution in [2.24, 2.45) is 0 Å². The van der Waals surface area contributed by atoms with Crippen molar-refractivity contribution in [2.45, 2.75) is 0 Å². The Morgan fingerprint density at radius 2 is 1.21 bits per heavy atom. The SMILES string of the molecule is c1ccc(-c2cc(N(c3cnc4c(c3)oc3ccccc34)c3ccc4oc5cccnc5c4c3)cc3ccccc23)cc1. The first-order valence-electron chi connectivity index (χ1n) is 14.2. The molecule has 0 unspecified atom stereocenters. The fourth-order valence-corrected chi connectivity index (χ4v) is 6.16. The topological polar surface area (TPSA) is 55.3 Å². The van der Waals surface area contributed by atoms with Crippen LogP contribution in [0, 0.1) is 0 Å². The quantitative estimate of drug-likeness (QED) is 0.217. The lowest BCUT2D eigenvalue weighted by Gasteiger charge is -2.26. The molecule has 9 aromatic rings. The Balaban J connectivity index is 1.33. The zero-order valence-corrected chi connectivity index (χ0v) is 22.9. The van der Waals surface area contributed by atoms with Crippen LogP contribution in [0.25, 0.3) is 66.0 Å². The molecule has 5 nitrogen and oxygen atoms in total. The van der Waals surface area contributed by atoms with Crippen LogP contribution in [0.15, 0.2) is 149 Å². The molecule has 202 valence electrons. The molecule has 0 saturated carbocycles.